The number of aryl methyl sites for hydroxylation is 1. The molecule has 0 atom stereocenters. The molecule has 1 saturated carbocycles. The molecule has 2 N–H and O–H groups in total. The van der Waals surface area contributed by atoms with Gasteiger partial charge >= 0.3 is 0 Å². The van der Waals surface area contributed by atoms with Gasteiger partial charge in [-0.2, -0.15) is 0 Å². The molecule has 0 spiro atoms. The molecule has 1 aliphatic carbocycles. The Morgan fingerprint density at radius 1 is 0.885 bits per heavy atom. The van der Waals surface area contributed by atoms with Crippen molar-refractivity contribution in [3.8, 4) is 0 Å². The average Bonchev–Trinajstić information content (AvgIpc) is 2.68. The third-order valence-electron chi connectivity index (χ3n) is 6.21. The topological polar surface area (TPSA) is 26.0 Å². The summed E-state index contributed by atoms with van der Waals surface area (Å²) in [4.78, 5) is 0. The van der Waals surface area contributed by atoms with Crippen molar-refractivity contribution in [2.75, 3.05) is 6.54 Å². The second-order valence-electron chi connectivity index (χ2n) is 7.73. The van der Waals surface area contributed by atoms with Crippen molar-refractivity contribution < 1.29 is 0 Å². The van der Waals surface area contributed by atoms with Crippen LogP contribution in [0.4, 0.5) is 0 Å². The number of halogens is 1. The van der Waals surface area contributed by atoms with E-state index in [0.29, 0.717) is 5.92 Å². The third-order valence-corrected chi connectivity index (χ3v) is 6.21. The van der Waals surface area contributed by atoms with E-state index in [0.717, 1.165) is 6.54 Å². The van der Waals surface area contributed by atoms with Crippen LogP contribution in [0.1, 0.15) is 48.3 Å². The molecule has 0 heterocycles. The fourth-order valence-corrected chi connectivity index (χ4v) is 4.55. The fourth-order valence-electron chi connectivity index (χ4n) is 4.55. The van der Waals surface area contributed by atoms with E-state index in [1.54, 1.807) is 0 Å². The molecule has 26 heavy (non-hydrogen) atoms. The standard InChI is InChI=1S/C24H27N.ClH/c1-18-5-4-8-23(15-18)24(17-25)13-11-20(12-14-24)22-10-9-19-6-2-3-7-21(19)16-22;/h2-10,15-16,20H,11-14,17,25H2,1H3;1H/t20-,24-;. The molecular weight excluding hydrogens is 338 g/mol. The van der Waals surface area contributed by atoms with E-state index < -0.39 is 0 Å². The van der Waals surface area contributed by atoms with Gasteiger partial charge in [-0.3, -0.25) is 0 Å². The highest BCUT2D eigenvalue weighted by atomic mass is 35.5. The number of fused-ring (bicyclic) bond motifs is 1. The maximum Gasteiger partial charge on any atom is 0.00761 e. The SMILES string of the molecule is Cc1cccc([C@]2(CN)CC[C@@H](c3ccc4ccccc4c3)CC2)c1.Cl. The molecule has 0 radical (unpaired) electrons. The summed E-state index contributed by atoms with van der Waals surface area (Å²) < 4.78 is 0. The van der Waals surface area contributed by atoms with E-state index in [-0.39, 0.29) is 17.8 Å². The lowest BCUT2D eigenvalue weighted by atomic mass is 9.65. The summed E-state index contributed by atoms with van der Waals surface area (Å²) in [6.07, 6.45) is 4.82. The largest absolute Gasteiger partial charge is 0.330 e. The highest BCUT2D eigenvalue weighted by Gasteiger charge is 2.36. The summed E-state index contributed by atoms with van der Waals surface area (Å²) in [5, 5.41) is 2.69. The van der Waals surface area contributed by atoms with Gasteiger partial charge in [0.25, 0.3) is 0 Å². The first kappa shape index (κ1) is 18.9. The Morgan fingerprint density at radius 3 is 2.31 bits per heavy atom. The minimum Gasteiger partial charge on any atom is -0.330 e. The number of hydrogen-bond donors (Lipinski definition) is 1. The van der Waals surface area contributed by atoms with Crippen molar-refractivity contribution in [1.82, 2.24) is 0 Å². The first-order chi connectivity index (χ1) is 12.2. The summed E-state index contributed by atoms with van der Waals surface area (Å²) in [6.45, 7) is 2.93. The van der Waals surface area contributed by atoms with Crippen molar-refractivity contribution in [3.05, 3.63) is 83.4 Å². The first-order valence-corrected chi connectivity index (χ1v) is 9.46. The van der Waals surface area contributed by atoms with Crippen molar-refractivity contribution in [2.45, 2.75) is 43.9 Å². The Bertz CT molecular complexity index is 878. The smallest absolute Gasteiger partial charge is 0.00761 e. The molecular formula is C24H28ClN. The molecule has 3 aromatic carbocycles. The van der Waals surface area contributed by atoms with Crippen LogP contribution in [0.2, 0.25) is 0 Å². The third kappa shape index (κ3) is 3.51. The molecule has 0 aliphatic heterocycles. The lowest BCUT2D eigenvalue weighted by molar-refractivity contribution is 0.276. The van der Waals surface area contributed by atoms with Crippen molar-refractivity contribution >= 4 is 23.2 Å². The van der Waals surface area contributed by atoms with Gasteiger partial charge in [-0.05, 0) is 60.4 Å². The Morgan fingerprint density at radius 2 is 1.62 bits per heavy atom. The van der Waals surface area contributed by atoms with Crippen LogP contribution in [0, 0.1) is 6.92 Å². The van der Waals surface area contributed by atoms with Gasteiger partial charge in [0.05, 0.1) is 0 Å². The number of rotatable bonds is 3. The molecule has 4 rings (SSSR count). The fraction of sp³-hybridized carbons (Fsp3) is 0.333. The van der Waals surface area contributed by atoms with Crippen molar-refractivity contribution in [2.24, 2.45) is 5.73 Å². The Hall–Kier alpha value is -1.83. The molecule has 0 amide bonds. The van der Waals surface area contributed by atoms with Crippen LogP contribution in [0.25, 0.3) is 10.8 Å². The van der Waals surface area contributed by atoms with Crippen LogP contribution in [-0.4, -0.2) is 6.54 Å². The second-order valence-corrected chi connectivity index (χ2v) is 7.73. The average molecular weight is 366 g/mol. The van der Waals surface area contributed by atoms with E-state index in [9.17, 15) is 0 Å². The first-order valence-electron chi connectivity index (χ1n) is 9.46. The Balaban J connectivity index is 0.00000196. The highest BCUT2D eigenvalue weighted by Crippen LogP contribution is 2.44. The normalized spacial score (nSPS) is 22.8. The zero-order valence-corrected chi connectivity index (χ0v) is 16.3. The predicted molar refractivity (Wildman–Crippen MR) is 114 cm³/mol. The van der Waals surface area contributed by atoms with E-state index in [1.807, 2.05) is 0 Å². The van der Waals surface area contributed by atoms with Crippen LogP contribution < -0.4 is 5.73 Å². The van der Waals surface area contributed by atoms with Gasteiger partial charge in [-0.1, -0.05) is 72.3 Å². The molecule has 1 nitrogen and oxygen atoms in total. The van der Waals surface area contributed by atoms with Gasteiger partial charge in [0, 0.05) is 12.0 Å². The van der Waals surface area contributed by atoms with Gasteiger partial charge in [0.15, 0.2) is 0 Å². The summed E-state index contributed by atoms with van der Waals surface area (Å²) in [6, 6.07) is 24.6. The molecule has 0 aromatic heterocycles. The number of benzene rings is 3. The maximum absolute atomic E-state index is 6.28. The van der Waals surface area contributed by atoms with Gasteiger partial charge in [-0.15, -0.1) is 12.4 Å². The molecule has 0 unspecified atom stereocenters. The van der Waals surface area contributed by atoms with Gasteiger partial charge < -0.3 is 5.73 Å². The van der Waals surface area contributed by atoms with E-state index in [4.69, 9.17) is 5.73 Å². The van der Waals surface area contributed by atoms with Crippen LogP contribution in [0.15, 0.2) is 66.7 Å². The minimum atomic E-state index is 0. The molecule has 0 saturated heterocycles. The summed E-state index contributed by atoms with van der Waals surface area (Å²) in [5.74, 6) is 0.661. The van der Waals surface area contributed by atoms with Crippen molar-refractivity contribution in [1.29, 1.82) is 0 Å². The van der Waals surface area contributed by atoms with E-state index in [1.165, 1.54) is 53.1 Å². The summed E-state index contributed by atoms with van der Waals surface area (Å²) in [7, 11) is 0. The highest BCUT2D eigenvalue weighted by molar-refractivity contribution is 5.85. The van der Waals surface area contributed by atoms with Gasteiger partial charge in [-0.25, -0.2) is 0 Å². The Kier molecular flexibility index (Phi) is 5.70. The lowest BCUT2D eigenvalue weighted by Gasteiger charge is -2.40. The maximum atomic E-state index is 6.28. The molecule has 1 aliphatic rings. The monoisotopic (exact) mass is 365 g/mol. The van der Waals surface area contributed by atoms with Crippen molar-refractivity contribution in [3.63, 3.8) is 0 Å². The second kappa shape index (κ2) is 7.82. The van der Waals surface area contributed by atoms with E-state index >= 15 is 0 Å². The molecule has 2 heteroatoms. The quantitative estimate of drug-likeness (QED) is 0.594. The van der Waals surface area contributed by atoms with E-state index in [2.05, 4.69) is 73.7 Å². The summed E-state index contributed by atoms with van der Waals surface area (Å²) in [5.41, 5.74) is 10.7. The van der Waals surface area contributed by atoms with Crippen LogP contribution in [0.3, 0.4) is 0 Å². The number of hydrogen-bond acceptors (Lipinski definition) is 1. The minimum absolute atomic E-state index is 0. The van der Waals surface area contributed by atoms with Gasteiger partial charge in [0.2, 0.25) is 0 Å². The molecule has 3 aromatic rings. The van der Waals surface area contributed by atoms with Crippen LogP contribution in [-0.2, 0) is 5.41 Å². The van der Waals surface area contributed by atoms with Gasteiger partial charge in [0.1, 0.15) is 0 Å². The summed E-state index contributed by atoms with van der Waals surface area (Å²) >= 11 is 0. The lowest BCUT2D eigenvalue weighted by Crippen LogP contribution is -2.38. The Labute approximate surface area is 163 Å². The molecule has 136 valence electrons. The number of nitrogens with two attached hydrogens (primary N) is 1. The molecule has 0 bridgehead atoms. The predicted octanol–water partition coefficient (Wildman–Crippen LogP) is 6.12. The zero-order chi connectivity index (χ0) is 17.3. The molecule has 1 fully saturated rings. The van der Waals surface area contributed by atoms with Crippen LogP contribution >= 0.6 is 12.4 Å². The van der Waals surface area contributed by atoms with Crippen LogP contribution in [0.5, 0.6) is 0 Å². The zero-order valence-electron chi connectivity index (χ0n) is 15.4.